The molecule has 0 unspecified atom stereocenters. The van der Waals surface area contributed by atoms with Gasteiger partial charge < -0.3 is 15.1 Å². The number of furan rings is 1. The molecule has 0 aliphatic rings. The molecule has 166 valence electrons. The number of amides is 2. The van der Waals surface area contributed by atoms with Gasteiger partial charge in [0.1, 0.15) is 17.2 Å². The summed E-state index contributed by atoms with van der Waals surface area (Å²) in [5, 5.41) is 6.52. The quantitative estimate of drug-likeness (QED) is 0.433. The second kappa shape index (κ2) is 9.63. The van der Waals surface area contributed by atoms with Crippen molar-refractivity contribution in [3.63, 3.8) is 0 Å². The van der Waals surface area contributed by atoms with Crippen LogP contribution < -0.4 is 10.6 Å². The molecular formula is C25H24Cl2N2O3. The summed E-state index contributed by atoms with van der Waals surface area (Å²) in [4.78, 5) is 25.6. The monoisotopic (exact) mass is 470 g/mol. The minimum absolute atomic E-state index is 0.0635. The van der Waals surface area contributed by atoms with Gasteiger partial charge in [-0.25, -0.2) is 0 Å². The molecule has 0 fully saturated rings. The van der Waals surface area contributed by atoms with E-state index in [1.54, 1.807) is 42.5 Å². The van der Waals surface area contributed by atoms with E-state index in [1.807, 2.05) is 39.8 Å². The third-order valence-electron chi connectivity index (χ3n) is 4.41. The first-order valence-corrected chi connectivity index (χ1v) is 10.7. The van der Waals surface area contributed by atoms with Gasteiger partial charge in [0, 0.05) is 27.8 Å². The predicted molar refractivity (Wildman–Crippen MR) is 129 cm³/mol. The molecule has 0 spiro atoms. The minimum atomic E-state index is -0.490. The number of carbonyl (C=O) groups is 2. The van der Waals surface area contributed by atoms with Gasteiger partial charge in [0.2, 0.25) is 0 Å². The van der Waals surface area contributed by atoms with Crippen LogP contribution in [0.2, 0.25) is 10.0 Å². The maximum atomic E-state index is 12.9. The first-order chi connectivity index (χ1) is 15.0. The Kier molecular flexibility index (Phi) is 7.12. The third kappa shape index (κ3) is 6.25. The van der Waals surface area contributed by atoms with E-state index in [0.29, 0.717) is 32.7 Å². The van der Waals surface area contributed by atoms with Crippen molar-refractivity contribution in [3.8, 4) is 11.3 Å². The molecule has 32 heavy (non-hydrogen) atoms. The van der Waals surface area contributed by atoms with Crippen molar-refractivity contribution in [1.29, 1.82) is 0 Å². The molecule has 0 radical (unpaired) electrons. The fraction of sp³-hybridized carbons (Fsp3) is 0.200. The van der Waals surface area contributed by atoms with Crippen LogP contribution in [-0.2, 0) is 4.79 Å². The summed E-state index contributed by atoms with van der Waals surface area (Å²) in [6.45, 7) is 7.51. The number of hydrogen-bond donors (Lipinski definition) is 2. The summed E-state index contributed by atoms with van der Waals surface area (Å²) < 4.78 is 5.87. The largest absolute Gasteiger partial charge is 0.457 e. The van der Waals surface area contributed by atoms with Crippen molar-refractivity contribution in [3.05, 3.63) is 87.2 Å². The molecule has 0 aliphatic carbocycles. The average Bonchev–Trinajstić information content (AvgIpc) is 3.14. The van der Waals surface area contributed by atoms with Gasteiger partial charge in [-0.15, -0.1) is 0 Å². The lowest BCUT2D eigenvalue weighted by molar-refractivity contribution is -0.119. The summed E-state index contributed by atoms with van der Waals surface area (Å²) in [5.74, 6) is 0.0703. The van der Waals surface area contributed by atoms with Gasteiger partial charge in [0.05, 0.1) is 5.02 Å². The van der Waals surface area contributed by atoms with Crippen LogP contribution in [0.4, 0.5) is 0 Å². The van der Waals surface area contributed by atoms with Gasteiger partial charge in [-0.2, -0.15) is 0 Å². The number of carbonyl (C=O) groups excluding carboxylic acids is 2. The third-order valence-corrected chi connectivity index (χ3v) is 4.95. The minimum Gasteiger partial charge on any atom is -0.457 e. The zero-order chi connectivity index (χ0) is 23.5. The molecule has 3 aromatic rings. The second-order valence-electron chi connectivity index (χ2n) is 8.41. The highest BCUT2D eigenvalue weighted by atomic mass is 35.5. The van der Waals surface area contributed by atoms with E-state index in [9.17, 15) is 9.59 Å². The molecule has 0 saturated carbocycles. The summed E-state index contributed by atoms with van der Waals surface area (Å²) in [5.41, 5.74) is 1.72. The normalized spacial score (nSPS) is 11.9. The van der Waals surface area contributed by atoms with Gasteiger partial charge in [-0.1, -0.05) is 40.9 Å². The van der Waals surface area contributed by atoms with Crippen molar-refractivity contribution >= 4 is 41.1 Å². The van der Waals surface area contributed by atoms with Gasteiger partial charge in [0.25, 0.3) is 11.8 Å². The summed E-state index contributed by atoms with van der Waals surface area (Å²) in [6.07, 6.45) is 1.49. The molecule has 2 amide bonds. The van der Waals surface area contributed by atoms with Crippen LogP contribution in [0.3, 0.4) is 0 Å². The smallest absolute Gasteiger partial charge is 0.268 e. The molecule has 0 bridgehead atoms. The molecular weight excluding hydrogens is 447 g/mol. The fourth-order valence-electron chi connectivity index (χ4n) is 2.87. The first kappa shape index (κ1) is 23.6. The Balaban J connectivity index is 1.92. The molecule has 5 nitrogen and oxygen atoms in total. The lowest BCUT2D eigenvalue weighted by atomic mass is 10.1. The van der Waals surface area contributed by atoms with E-state index < -0.39 is 17.4 Å². The fourth-order valence-corrected chi connectivity index (χ4v) is 3.37. The first-order valence-electron chi connectivity index (χ1n) is 9.99. The number of benzene rings is 2. The molecule has 3 rings (SSSR count). The molecule has 0 atom stereocenters. The summed E-state index contributed by atoms with van der Waals surface area (Å²) in [6, 6.07) is 15.6. The predicted octanol–water partition coefficient (Wildman–Crippen LogP) is 6.25. The second-order valence-corrected chi connectivity index (χ2v) is 9.25. The number of rotatable bonds is 5. The van der Waals surface area contributed by atoms with E-state index >= 15 is 0 Å². The molecule has 7 heteroatoms. The van der Waals surface area contributed by atoms with Crippen LogP contribution >= 0.6 is 23.2 Å². The number of aryl methyl sites for hydroxylation is 1. The maximum Gasteiger partial charge on any atom is 0.268 e. The van der Waals surface area contributed by atoms with Gasteiger partial charge in [0.15, 0.2) is 0 Å². The van der Waals surface area contributed by atoms with Crippen LogP contribution in [-0.4, -0.2) is 17.4 Å². The topological polar surface area (TPSA) is 71.3 Å². The SMILES string of the molecule is Cc1ccc(C(=O)N/C(=C\c2ccc(-c3ccc(Cl)cc3Cl)o2)C(=O)NC(C)(C)C)cc1. The number of hydrogen-bond acceptors (Lipinski definition) is 3. The Bertz CT molecular complexity index is 1170. The van der Waals surface area contributed by atoms with Crippen LogP contribution in [0.5, 0.6) is 0 Å². The van der Waals surface area contributed by atoms with E-state index in [-0.39, 0.29) is 5.70 Å². The Morgan fingerprint density at radius 1 is 0.969 bits per heavy atom. The molecule has 1 aromatic heterocycles. The average molecular weight is 471 g/mol. The number of halogens is 2. The lowest BCUT2D eigenvalue weighted by Crippen LogP contribution is -2.44. The molecule has 2 N–H and O–H groups in total. The van der Waals surface area contributed by atoms with E-state index in [4.69, 9.17) is 27.6 Å². The Hall–Kier alpha value is -3.02. The van der Waals surface area contributed by atoms with E-state index in [0.717, 1.165) is 5.56 Å². The van der Waals surface area contributed by atoms with Crippen molar-refractivity contribution in [2.45, 2.75) is 33.2 Å². The van der Waals surface area contributed by atoms with Crippen LogP contribution in [0, 0.1) is 6.92 Å². The molecule has 0 aliphatic heterocycles. The van der Waals surface area contributed by atoms with E-state index in [1.165, 1.54) is 6.08 Å². The highest BCUT2D eigenvalue weighted by Gasteiger charge is 2.20. The zero-order valence-corrected chi connectivity index (χ0v) is 19.8. The van der Waals surface area contributed by atoms with Crippen molar-refractivity contribution in [1.82, 2.24) is 10.6 Å². The van der Waals surface area contributed by atoms with E-state index in [2.05, 4.69) is 10.6 Å². The standard InChI is InChI=1S/C25H24Cl2N2O3/c1-15-5-7-16(8-6-15)23(30)28-21(24(31)29-25(2,3)4)14-18-10-12-22(32-18)19-11-9-17(26)13-20(19)27/h5-14H,1-4H3,(H,28,30)(H,29,31)/b21-14-. The van der Waals surface area contributed by atoms with Gasteiger partial charge in [-0.05, 0) is 70.2 Å². The van der Waals surface area contributed by atoms with Crippen LogP contribution in [0.1, 0.15) is 42.5 Å². The number of nitrogens with one attached hydrogen (secondary N) is 2. The molecule has 2 aromatic carbocycles. The van der Waals surface area contributed by atoms with Crippen molar-refractivity contribution < 1.29 is 14.0 Å². The summed E-state index contributed by atoms with van der Waals surface area (Å²) in [7, 11) is 0. The Morgan fingerprint density at radius 2 is 1.66 bits per heavy atom. The molecule has 0 saturated heterocycles. The zero-order valence-electron chi connectivity index (χ0n) is 18.3. The Labute approximate surface area is 197 Å². The summed E-state index contributed by atoms with van der Waals surface area (Å²) >= 11 is 12.2. The van der Waals surface area contributed by atoms with Gasteiger partial charge >= 0.3 is 0 Å². The van der Waals surface area contributed by atoms with Gasteiger partial charge in [-0.3, -0.25) is 9.59 Å². The lowest BCUT2D eigenvalue weighted by Gasteiger charge is -2.21. The Morgan fingerprint density at radius 3 is 2.28 bits per heavy atom. The van der Waals surface area contributed by atoms with Crippen molar-refractivity contribution in [2.24, 2.45) is 0 Å². The van der Waals surface area contributed by atoms with Crippen molar-refractivity contribution in [2.75, 3.05) is 0 Å². The van der Waals surface area contributed by atoms with Crippen LogP contribution in [0.25, 0.3) is 17.4 Å². The highest BCUT2D eigenvalue weighted by molar-refractivity contribution is 6.36. The van der Waals surface area contributed by atoms with Crippen LogP contribution in [0.15, 0.2) is 64.7 Å². The highest BCUT2D eigenvalue weighted by Crippen LogP contribution is 2.32. The maximum absolute atomic E-state index is 12.9. The molecule has 1 heterocycles.